The molecule has 0 unspecified atom stereocenters. The number of aromatic nitrogens is 2. The zero-order chi connectivity index (χ0) is 11.8. The molecule has 0 spiro atoms. The van der Waals surface area contributed by atoms with Crippen LogP contribution in [0.5, 0.6) is 0 Å². The predicted molar refractivity (Wildman–Crippen MR) is 64.3 cm³/mol. The fourth-order valence-electron chi connectivity index (χ4n) is 1.37. The molecule has 0 aliphatic rings. The van der Waals surface area contributed by atoms with Crippen LogP contribution in [0.15, 0.2) is 12.4 Å². The number of hydrogen-bond donors (Lipinski definition) is 2. The van der Waals surface area contributed by atoms with E-state index >= 15 is 0 Å². The second-order valence-electron chi connectivity index (χ2n) is 3.56. The zero-order valence-electron chi connectivity index (χ0n) is 9.99. The molecule has 0 aliphatic carbocycles. The summed E-state index contributed by atoms with van der Waals surface area (Å²) in [6, 6.07) is 0. The third-order valence-corrected chi connectivity index (χ3v) is 2.26. The molecule has 0 aliphatic heterocycles. The van der Waals surface area contributed by atoms with Crippen molar-refractivity contribution in [3.05, 3.63) is 12.4 Å². The van der Waals surface area contributed by atoms with E-state index in [0.717, 1.165) is 25.5 Å². The van der Waals surface area contributed by atoms with Crippen LogP contribution in [0.3, 0.4) is 0 Å². The Hall–Kier alpha value is -1.52. The number of anilines is 1. The first-order chi connectivity index (χ1) is 7.77. The molecule has 1 heterocycles. The number of nitrogens with zero attached hydrogens (tertiary/aromatic N) is 2. The molecular weight excluding hydrogens is 204 g/mol. The van der Waals surface area contributed by atoms with Gasteiger partial charge in [-0.25, -0.2) is 4.98 Å². The van der Waals surface area contributed by atoms with Gasteiger partial charge in [0.05, 0.1) is 0 Å². The topological polar surface area (TPSA) is 59.0 Å². The highest BCUT2D eigenvalue weighted by molar-refractivity contribution is 5.76. The van der Waals surface area contributed by atoms with Crippen LogP contribution in [0, 0.1) is 0 Å². The molecule has 0 atom stereocenters. The van der Waals surface area contributed by atoms with Crippen LogP contribution in [0.2, 0.25) is 0 Å². The Labute approximate surface area is 96.3 Å². The molecule has 1 aromatic heterocycles. The first-order valence-electron chi connectivity index (χ1n) is 5.79. The van der Waals surface area contributed by atoms with Crippen LogP contribution in [-0.2, 0) is 11.3 Å². The highest BCUT2D eigenvalue weighted by atomic mass is 16.1. The van der Waals surface area contributed by atoms with Crippen molar-refractivity contribution in [3.8, 4) is 0 Å². The van der Waals surface area contributed by atoms with Crippen LogP contribution in [0.25, 0.3) is 0 Å². The molecular formula is C11H20N4O. The van der Waals surface area contributed by atoms with E-state index in [1.165, 1.54) is 0 Å². The highest BCUT2D eigenvalue weighted by Crippen LogP contribution is 2.03. The first-order valence-corrected chi connectivity index (χ1v) is 5.79. The van der Waals surface area contributed by atoms with Crippen LogP contribution in [-0.4, -0.2) is 28.5 Å². The number of hydrogen-bond acceptors (Lipinski definition) is 3. The minimum atomic E-state index is 0.0870. The minimum Gasteiger partial charge on any atom is -0.356 e. The molecule has 5 nitrogen and oxygen atoms in total. The molecule has 0 saturated carbocycles. The number of carbonyl (C=O) groups is 1. The van der Waals surface area contributed by atoms with Crippen LogP contribution in [0.1, 0.15) is 26.7 Å². The summed E-state index contributed by atoms with van der Waals surface area (Å²) in [6.07, 6.45) is 5.12. The van der Waals surface area contributed by atoms with Gasteiger partial charge in [0.1, 0.15) is 0 Å². The average Bonchev–Trinajstić information content (AvgIpc) is 2.74. The van der Waals surface area contributed by atoms with Crippen LogP contribution in [0.4, 0.5) is 5.95 Å². The summed E-state index contributed by atoms with van der Waals surface area (Å²) < 4.78 is 2.00. The molecule has 0 aromatic carbocycles. The van der Waals surface area contributed by atoms with E-state index in [2.05, 4.69) is 22.5 Å². The number of carbonyl (C=O) groups excluding carboxylic acids is 1. The van der Waals surface area contributed by atoms with E-state index in [4.69, 9.17) is 0 Å². The molecule has 0 bridgehead atoms. The molecule has 2 N–H and O–H groups in total. The van der Waals surface area contributed by atoms with Gasteiger partial charge in [0.15, 0.2) is 0 Å². The highest BCUT2D eigenvalue weighted by Gasteiger charge is 2.02. The summed E-state index contributed by atoms with van der Waals surface area (Å²) in [5.41, 5.74) is 0. The lowest BCUT2D eigenvalue weighted by molar-refractivity contribution is -0.120. The Balaban J connectivity index is 2.22. The van der Waals surface area contributed by atoms with Gasteiger partial charge < -0.3 is 15.2 Å². The van der Waals surface area contributed by atoms with Crippen molar-refractivity contribution in [2.24, 2.45) is 0 Å². The lowest BCUT2D eigenvalue weighted by Gasteiger charge is -2.07. The van der Waals surface area contributed by atoms with E-state index in [1.54, 1.807) is 6.20 Å². The second kappa shape index (κ2) is 6.87. The maximum absolute atomic E-state index is 11.3. The number of rotatable bonds is 7. The molecule has 5 heteroatoms. The van der Waals surface area contributed by atoms with Gasteiger partial charge in [-0.15, -0.1) is 0 Å². The third-order valence-electron chi connectivity index (χ3n) is 2.26. The minimum absolute atomic E-state index is 0.0870. The molecule has 1 amide bonds. The SMILES string of the molecule is CCCNC(=O)CCNc1nccn1CC. The summed E-state index contributed by atoms with van der Waals surface area (Å²) in [4.78, 5) is 15.5. The van der Waals surface area contributed by atoms with Gasteiger partial charge in [0.25, 0.3) is 0 Å². The van der Waals surface area contributed by atoms with Crippen molar-refractivity contribution in [3.63, 3.8) is 0 Å². The standard InChI is InChI=1S/C11H20N4O/c1-3-6-12-10(16)5-7-13-11-14-8-9-15(11)4-2/h8-9H,3-7H2,1-2H3,(H,12,16)(H,13,14). The Kier molecular flexibility index (Phi) is 5.39. The van der Waals surface area contributed by atoms with Crippen molar-refractivity contribution >= 4 is 11.9 Å². The summed E-state index contributed by atoms with van der Waals surface area (Å²) in [5.74, 6) is 0.912. The fraction of sp³-hybridized carbons (Fsp3) is 0.636. The van der Waals surface area contributed by atoms with E-state index in [1.807, 2.05) is 17.7 Å². The van der Waals surface area contributed by atoms with Gasteiger partial charge in [0, 0.05) is 38.4 Å². The number of nitrogens with one attached hydrogen (secondary N) is 2. The Bertz CT molecular complexity index is 322. The van der Waals surface area contributed by atoms with Gasteiger partial charge in [-0.1, -0.05) is 6.92 Å². The van der Waals surface area contributed by atoms with Gasteiger partial charge in [-0.3, -0.25) is 4.79 Å². The van der Waals surface area contributed by atoms with Crippen molar-refractivity contribution in [2.45, 2.75) is 33.2 Å². The molecule has 90 valence electrons. The van der Waals surface area contributed by atoms with E-state index in [0.29, 0.717) is 13.0 Å². The Morgan fingerprint density at radius 3 is 2.94 bits per heavy atom. The van der Waals surface area contributed by atoms with E-state index < -0.39 is 0 Å². The van der Waals surface area contributed by atoms with Crippen molar-refractivity contribution < 1.29 is 4.79 Å². The lowest BCUT2D eigenvalue weighted by Crippen LogP contribution is -2.26. The smallest absolute Gasteiger partial charge is 0.221 e. The largest absolute Gasteiger partial charge is 0.356 e. The number of aryl methyl sites for hydroxylation is 1. The van der Waals surface area contributed by atoms with Gasteiger partial charge in [-0.2, -0.15) is 0 Å². The number of amides is 1. The second-order valence-corrected chi connectivity index (χ2v) is 3.56. The average molecular weight is 224 g/mol. The summed E-state index contributed by atoms with van der Waals surface area (Å²) >= 11 is 0. The van der Waals surface area contributed by atoms with Crippen LogP contribution < -0.4 is 10.6 Å². The Morgan fingerprint density at radius 2 is 2.25 bits per heavy atom. The maximum atomic E-state index is 11.3. The summed E-state index contributed by atoms with van der Waals surface area (Å²) in [6.45, 7) is 6.34. The van der Waals surface area contributed by atoms with Gasteiger partial charge in [-0.05, 0) is 13.3 Å². The summed E-state index contributed by atoms with van der Waals surface area (Å²) in [7, 11) is 0. The monoisotopic (exact) mass is 224 g/mol. The van der Waals surface area contributed by atoms with E-state index in [9.17, 15) is 4.79 Å². The number of imidazole rings is 1. The molecule has 0 saturated heterocycles. The molecule has 16 heavy (non-hydrogen) atoms. The molecule has 0 radical (unpaired) electrons. The molecule has 1 rings (SSSR count). The third kappa shape index (κ3) is 3.92. The quantitative estimate of drug-likeness (QED) is 0.732. The summed E-state index contributed by atoms with van der Waals surface area (Å²) in [5, 5.41) is 5.98. The predicted octanol–water partition coefficient (Wildman–Crippen LogP) is 1.23. The van der Waals surface area contributed by atoms with Crippen molar-refractivity contribution in [1.82, 2.24) is 14.9 Å². The fourth-order valence-corrected chi connectivity index (χ4v) is 1.37. The van der Waals surface area contributed by atoms with Gasteiger partial charge in [0.2, 0.25) is 11.9 Å². The molecule has 1 aromatic rings. The van der Waals surface area contributed by atoms with Crippen LogP contribution >= 0.6 is 0 Å². The van der Waals surface area contributed by atoms with Gasteiger partial charge >= 0.3 is 0 Å². The molecule has 0 fully saturated rings. The lowest BCUT2D eigenvalue weighted by atomic mass is 10.4. The normalized spacial score (nSPS) is 10.1. The first kappa shape index (κ1) is 12.5. The maximum Gasteiger partial charge on any atom is 0.221 e. The Morgan fingerprint density at radius 1 is 1.44 bits per heavy atom. The van der Waals surface area contributed by atoms with Crippen molar-refractivity contribution in [1.29, 1.82) is 0 Å². The van der Waals surface area contributed by atoms with Crippen molar-refractivity contribution in [2.75, 3.05) is 18.4 Å². The zero-order valence-corrected chi connectivity index (χ0v) is 9.99. The van der Waals surface area contributed by atoms with E-state index in [-0.39, 0.29) is 5.91 Å².